The van der Waals surface area contributed by atoms with Crippen LogP contribution in [-0.2, 0) is 11.2 Å². The largest absolute Gasteiger partial charge is 0.316 e. The molecule has 1 aliphatic heterocycles. The number of nitrogens with zero attached hydrogens (tertiary/aromatic N) is 2. The van der Waals surface area contributed by atoms with E-state index in [-0.39, 0.29) is 11.8 Å². The summed E-state index contributed by atoms with van der Waals surface area (Å²) in [5.74, 6) is 0.147. The number of carbonyl (C=O) groups excluding carboxylic acids is 1. The summed E-state index contributed by atoms with van der Waals surface area (Å²) in [5, 5.41) is 15.8. The topological polar surface area (TPSA) is 66.9 Å². The fourth-order valence-corrected chi connectivity index (χ4v) is 2.80. The van der Waals surface area contributed by atoms with Crippen LogP contribution in [0.15, 0.2) is 0 Å². The zero-order valence-corrected chi connectivity index (χ0v) is 11.6. The van der Waals surface area contributed by atoms with Crippen LogP contribution in [0.5, 0.6) is 0 Å². The first-order valence-electron chi connectivity index (χ1n) is 6.63. The molecule has 1 aromatic rings. The van der Waals surface area contributed by atoms with Crippen LogP contribution in [-0.4, -0.2) is 29.2 Å². The molecule has 18 heavy (non-hydrogen) atoms. The first kappa shape index (κ1) is 13.4. The van der Waals surface area contributed by atoms with Crippen LogP contribution in [0.25, 0.3) is 0 Å². The predicted molar refractivity (Wildman–Crippen MR) is 72.7 cm³/mol. The molecule has 6 heteroatoms. The molecule has 100 valence electrons. The van der Waals surface area contributed by atoms with Crippen molar-refractivity contribution < 1.29 is 4.79 Å². The Kier molecular flexibility index (Phi) is 5.07. The Labute approximate surface area is 111 Å². The third-order valence-corrected chi connectivity index (χ3v) is 4.02. The minimum Gasteiger partial charge on any atom is -0.316 e. The van der Waals surface area contributed by atoms with Crippen molar-refractivity contribution in [2.24, 2.45) is 5.92 Å². The zero-order valence-electron chi connectivity index (χ0n) is 10.7. The first-order valence-corrected chi connectivity index (χ1v) is 7.45. The second kappa shape index (κ2) is 6.80. The normalized spacial score (nSPS) is 19.1. The lowest BCUT2D eigenvalue weighted by atomic mass is 10.1. The maximum Gasteiger partial charge on any atom is 0.230 e. The van der Waals surface area contributed by atoms with Gasteiger partial charge in [0.2, 0.25) is 11.0 Å². The third-order valence-electron chi connectivity index (χ3n) is 3.12. The summed E-state index contributed by atoms with van der Waals surface area (Å²) in [4.78, 5) is 11.9. The van der Waals surface area contributed by atoms with Gasteiger partial charge in [0.05, 0.1) is 5.92 Å². The molecule has 1 amide bonds. The van der Waals surface area contributed by atoms with Gasteiger partial charge in [-0.2, -0.15) is 0 Å². The summed E-state index contributed by atoms with van der Waals surface area (Å²) in [6, 6.07) is 0. The average molecular weight is 268 g/mol. The molecular weight excluding hydrogens is 248 g/mol. The molecule has 1 fully saturated rings. The molecule has 1 unspecified atom stereocenters. The Morgan fingerprint density at radius 3 is 3.11 bits per heavy atom. The summed E-state index contributed by atoms with van der Waals surface area (Å²) in [5.41, 5.74) is 0. The quantitative estimate of drug-likeness (QED) is 0.772. The molecule has 0 radical (unpaired) electrons. The highest BCUT2D eigenvalue weighted by Gasteiger charge is 2.23. The van der Waals surface area contributed by atoms with Gasteiger partial charge in [0.1, 0.15) is 5.01 Å². The van der Waals surface area contributed by atoms with Crippen LogP contribution in [0.2, 0.25) is 0 Å². The number of hydrogen-bond acceptors (Lipinski definition) is 5. The predicted octanol–water partition coefficient (Wildman–Crippen LogP) is 1.82. The molecular formula is C12H20N4OS. The van der Waals surface area contributed by atoms with Gasteiger partial charge in [-0.3, -0.25) is 4.79 Å². The maximum absolute atomic E-state index is 11.9. The number of amides is 1. The number of anilines is 1. The van der Waals surface area contributed by atoms with Gasteiger partial charge in [-0.05, 0) is 19.4 Å². The second-order valence-electron chi connectivity index (χ2n) is 4.64. The van der Waals surface area contributed by atoms with E-state index in [0.29, 0.717) is 5.13 Å². The minimum atomic E-state index is 0.0660. The van der Waals surface area contributed by atoms with Crippen molar-refractivity contribution in [2.45, 2.75) is 39.0 Å². The van der Waals surface area contributed by atoms with E-state index in [1.165, 1.54) is 24.2 Å². The van der Waals surface area contributed by atoms with Gasteiger partial charge < -0.3 is 10.6 Å². The van der Waals surface area contributed by atoms with Gasteiger partial charge in [-0.15, -0.1) is 10.2 Å². The monoisotopic (exact) mass is 268 g/mol. The average Bonchev–Trinajstić information content (AvgIpc) is 3.00. The number of nitrogens with one attached hydrogen (secondary N) is 2. The maximum atomic E-state index is 11.9. The molecule has 0 spiro atoms. The van der Waals surface area contributed by atoms with E-state index in [0.717, 1.165) is 37.4 Å². The highest BCUT2D eigenvalue weighted by Crippen LogP contribution is 2.19. The van der Waals surface area contributed by atoms with E-state index >= 15 is 0 Å². The molecule has 1 atom stereocenters. The molecule has 0 aromatic carbocycles. The van der Waals surface area contributed by atoms with Crippen LogP contribution < -0.4 is 10.6 Å². The fraction of sp³-hybridized carbons (Fsp3) is 0.750. The molecule has 2 N–H and O–H groups in total. The molecule has 2 heterocycles. The SMILES string of the molecule is CCCCCc1nnc(NC(=O)C2CCNC2)s1. The summed E-state index contributed by atoms with van der Waals surface area (Å²) >= 11 is 1.50. The van der Waals surface area contributed by atoms with E-state index in [2.05, 4.69) is 27.8 Å². The molecule has 0 saturated carbocycles. The second-order valence-corrected chi connectivity index (χ2v) is 5.70. The number of hydrogen-bond donors (Lipinski definition) is 2. The van der Waals surface area contributed by atoms with E-state index in [1.54, 1.807) is 0 Å². The summed E-state index contributed by atoms with van der Waals surface area (Å²) in [6.45, 7) is 3.88. The van der Waals surface area contributed by atoms with Crippen molar-refractivity contribution in [3.63, 3.8) is 0 Å². The van der Waals surface area contributed by atoms with Crippen molar-refractivity contribution in [3.8, 4) is 0 Å². The van der Waals surface area contributed by atoms with Crippen LogP contribution in [0.1, 0.15) is 37.6 Å². The summed E-state index contributed by atoms with van der Waals surface area (Å²) < 4.78 is 0. The van der Waals surface area contributed by atoms with E-state index in [4.69, 9.17) is 0 Å². The van der Waals surface area contributed by atoms with Crippen molar-refractivity contribution >= 4 is 22.4 Å². The Morgan fingerprint density at radius 2 is 2.39 bits per heavy atom. The fourth-order valence-electron chi connectivity index (χ4n) is 2.02. The molecule has 0 aliphatic carbocycles. The van der Waals surface area contributed by atoms with Gasteiger partial charge in [-0.25, -0.2) is 0 Å². The lowest BCUT2D eigenvalue weighted by Crippen LogP contribution is -2.24. The van der Waals surface area contributed by atoms with Crippen molar-refractivity contribution in [1.29, 1.82) is 0 Å². The van der Waals surface area contributed by atoms with Gasteiger partial charge >= 0.3 is 0 Å². The van der Waals surface area contributed by atoms with E-state index in [1.807, 2.05) is 0 Å². The molecule has 1 aliphatic rings. The molecule has 2 rings (SSSR count). The van der Waals surface area contributed by atoms with E-state index < -0.39 is 0 Å². The van der Waals surface area contributed by atoms with Gasteiger partial charge in [0.15, 0.2) is 0 Å². The van der Waals surface area contributed by atoms with Crippen LogP contribution in [0.3, 0.4) is 0 Å². The third kappa shape index (κ3) is 3.74. The lowest BCUT2D eigenvalue weighted by molar-refractivity contribution is -0.119. The Bertz CT molecular complexity index is 387. The van der Waals surface area contributed by atoms with Gasteiger partial charge in [-0.1, -0.05) is 31.1 Å². The highest BCUT2D eigenvalue weighted by atomic mass is 32.1. The van der Waals surface area contributed by atoms with Crippen molar-refractivity contribution in [3.05, 3.63) is 5.01 Å². The molecule has 1 saturated heterocycles. The van der Waals surface area contributed by atoms with Gasteiger partial charge in [0.25, 0.3) is 0 Å². The van der Waals surface area contributed by atoms with Crippen molar-refractivity contribution in [1.82, 2.24) is 15.5 Å². The van der Waals surface area contributed by atoms with Gasteiger partial charge in [0, 0.05) is 13.0 Å². The number of unbranched alkanes of at least 4 members (excludes halogenated alkanes) is 2. The Morgan fingerprint density at radius 1 is 1.50 bits per heavy atom. The Balaban J connectivity index is 1.80. The number of aromatic nitrogens is 2. The minimum absolute atomic E-state index is 0.0660. The molecule has 5 nitrogen and oxygen atoms in total. The molecule has 0 bridgehead atoms. The summed E-state index contributed by atoms with van der Waals surface area (Å²) in [7, 11) is 0. The van der Waals surface area contributed by atoms with E-state index in [9.17, 15) is 4.79 Å². The molecule has 1 aromatic heterocycles. The number of aryl methyl sites for hydroxylation is 1. The highest BCUT2D eigenvalue weighted by molar-refractivity contribution is 7.15. The number of carbonyl (C=O) groups is 1. The smallest absolute Gasteiger partial charge is 0.230 e. The lowest BCUT2D eigenvalue weighted by Gasteiger charge is -2.06. The van der Waals surface area contributed by atoms with Crippen molar-refractivity contribution in [2.75, 3.05) is 18.4 Å². The van der Waals surface area contributed by atoms with Crippen LogP contribution >= 0.6 is 11.3 Å². The standard InChI is InChI=1S/C12H20N4OS/c1-2-3-4-5-10-15-16-12(18-10)14-11(17)9-6-7-13-8-9/h9,13H,2-8H2,1H3,(H,14,16,17). The Hall–Kier alpha value is -1.01. The first-order chi connectivity index (χ1) is 8.79. The number of rotatable bonds is 6. The summed E-state index contributed by atoms with van der Waals surface area (Å²) in [6.07, 6.45) is 5.44. The zero-order chi connectivity index (χ0) is 12.8. The van der Waals surface area contributed by atoms with Crippen LogP contribution in [0, 0.1) is 5.92 Å². The van der Waals surface area contributed by atoms with Crippen LogP contribution in [0.4, 0.5) is 5.13 Å².